The zero-order chi connectivity index (χ0) is 17.8. The Kier molecular flexibility index (Phi) is 9.27. The molecule has 0 fully saturated rings. The van der Waals surface area contributed by atoms with E-state index in [-0.39, 0.29) is 5.91 Å². The first-order chi connectivity index (χ1) is 11.6. The quantitative estimate of drug-likeness (QED) is 0.382. The van der Waals surface area contributed by atoms with Gasteiger partial charge in [-0.25, -0.2) is 0 Å². The number of ether oxygens (including phenoxy) is 2. The average molecular weight is 333 g/mol. The lowest BCUT2D eigenvalue weighted by molar-refractivity contribution is -0.121. The fraction of sp³-hybridized carbons (Fsp3) is 0.474. The third-order valence-electron chi connectivity index (χ3n) is 3.44. The number of carbonyl (C=O) groups excluding carboxylic acids is 2. The van der Waals surface area contributed by atoms with Crippen molar-refractivity contribution in [3.63, 3.8) is 0 Å². The molecule has 0 bridgehead atoms. The Morgan fingerprint density at radius 3 is 2.71 bits per heavy atom. The highest BCUT2D eigenvalue weighted by Gasteiger charge is 2.07. The van der Waals surface area contributed by atoms with Gasteiger partial charge < -0.3 is 14.8 Å². The topological polar surface area (TPSA) is 64.6 Å². The van der Waals surface area contributed by atoms with Gasteiger partial charge in [0.2, 0.25) is 5.91 Å². The Labute approximate surface area is 144 Å². The van der Waals surface area contributed by atoms with Crippen molar-refractivity contribution in [3.05, 3.63) is 35.9 Å². The highest BCUT2D eigenvalue weighted by Crippen LogP contribution is 2.27. The molecule has 0 saturated carbocycles. The average Bonchev–Trinajstić information content (AvgIpc) is 2.57. The second kappa shape index (κ2) is 11.3. The summed E-state index contributed by atoms with van der Waals surface area (Å²) >= 11 is 0. The number of carbonyl (C=O) groups is 2. The molecule has 132 valence electrons. The number of amides is 1. The van der Waals surface area contributed by atoms with Gasteiger partial charge in [0.15, 0.2) is 11.5 Å². The van der Waals surface area contributed by atoms with E-state index in [4.69, 9.17) is 9.47 Å². The standard InChI is InChI=1S/C19H27NO4/c1-15(2)8-6-4-5-7-9-19(22)20-13-16-10-11-17(24-14-21)18(12-16)23-3/h6,8,10-12,14-15H,4-5,7,9,13H2,1-3H3,(H,20,22). The molecule has 5 nitrogen and oxygen atoms in total. The summed E-state index contributed by atoms with van der Waals surface area (Å²) in [5, 5.41) is 2.89. The maximum Gasteiger partial charge on any atom is 0.298 e. The molecular formula is C19H27NO4. The lowest BCUT2D eigenvalue weighted by Crippen LogP contribution is -2.22. The van der Waals surface area contributed by atoms with E-state index < -0.39 is 0 Å². The number of nitrogens with one attached hydrogen (secondary N) is 1. The predicted octanol–water partition coefficient (Wildman–Crippen LogP) is 3.62. The summed E-state index contributed by atoms with van der Waals surface area (Å²) in [7, 11) is 1.50. The van der Waals surface area contributed by atoms with Crippen LogP contribution in [0.1, 0.15) is 45.1 Å². The van der Waals surface area contributed by atoms with Crippen LogP contribution in [0.25, 0.3) is 0 Å². The van der Waals surface area contributed by atoms with E-state index in [1.54, 1.807) is 18.2 Å². The zero-order valence-corrected chi connectivity index (χ0v) is 14.7. The van der Waals surface area contributed by atoms with Crippen LogP contribution in [-0.2, 0) is 16.1 Å². The zero-order valence-electron chi connectivity index (χ0n) is 14.7. The van der Waals surface area contributed by atoms with Crippen LogP contribution in [0.4, 0.5) is 0 Å². The number of hydrogen-bond donors (Lipinski definition) is 1. The number of methoxy groups -OCH3 is 1. The van der Waals surface area contributed by atoms with Gasteiger partial charge in [0, 0.05) is 13.0 Å². The van der Waals surface area contributed by atoms with E-state index in [1.165, 1.54) is 7.11 Å². The van der Waals surface area contributed by atoms with Crippen LogP contribution in [0, 0.1) is 5.92 Å². The van der Waals surface area contributed by atoms with E-state index in [0.29, 0.717) is 36.9 Å². The molecular weight excluding hydrogens is 306 g/mol. The minimum atomic E-state index is 0.0371. The molecule has 1 N–H and O–H groups in total. The molecule has 0 aliphatic heterocycles. The van der Waals surface area contributed by atoms with Gasteiger partial charge in [0.1, 0.15) is 0 Å². The number of unbranched alkanes of at least 4 members (excludes halogenated alkanes) is 2. The van der Waals surface area contributed by atoms with Crippen LogP contribution in [0.3, 0.4) is 0 Å². The van der Waals surface area contributed by atoms with Crippen LogP contribution in [0.2, 0.25) is 0 Å². The molecule has 0 saturated heterocycles. The van der Waals surface area contributed by atoms with E-state index in [9.17, 15) is 9.59 Å². The predicted molar refractivity (Wildman–Crippen MR) is 94.0 cm³/mol. The Hall–Kier alpha value is -2.30. The van der Waals surface area contributed by atoms with Crippen LogP contribution < -0.4 is 14.8 Å². The molecule has 5 heteroatoms. The number of allylic oxidation sites excluding steroid dienone is 2. The summed E-state index contributed by atoms with van der Waals surface area (Å²) < 4.78 is 9.97. The van der Waals surface area contributed by atoms with Gasteiger partial charge in [-0.05, 0) is 42.9 Å². The first kappa shape index (κ1) is 19.7. The third kappa shape index (κ3) is 7.81. The van der Waals surface area contributed by atoms with Crippen molar-refractivity contribution in [1.82, 2.24) is 5.32 Å². The summed E-state index contributed by atoms with van der Waals surface area (Å²) in [5.74, 6) is 1.44. The van der Waals surface area contributed by atoms with E-state index in [0.717, 1.165) is 24.8 Å². The van der Waals surface area contributed by atoms with Gasteiger partial charge in [-0.3, -0.25) is 9.59 Å². The number of hydrogen-bond acceptors (Lipinski definition) is 4. The molecule has 0 heterocycles. The monoisotopic (exact) mass is 333 g/mol. The third-order valence-corrected chi connectivity index (χ3v) is 3.44. The normalized spacial score (nSPS) is 10.8. The highest BCUT2D eigenvalue weighted by molar-refractivity contribution is 5.75. The molecule has 0 radical (unpaired) electrons. The molecule has 0 unspecified atom stereocenters. The molecule has 0 aliphatic carbocycles. The lowest BCUT2D eigenvalue weighted by Gasteiger charge is -2.09. The van der Waals surface area contributed by atoms with Gasteiger partial charge in [0.25, 0.3) is 6.47 Å². The first-order valence-corrected chi connectivity index (χ1v) is 8.27. The Morgan fingerprint density at radius 1 is 1.25 bits per heavy atom. The Bertz CT molecular complexity index is 552. The van der Waals surface area contributed by atoms with E-state index in [2.05, 4.69) is 31.3 Å². The van der Waals surface area contributed by atoms with Crippen LogP contribution in [0.15, 0.2) is 30.4 Å². The molecule has 1 aromatic carbocycles. The largest absolute Gasteiger partial charge is 0.493 e. The maximum absolute atomic E-state index is 11.8. The summed E-state index contributed by atoms with van der Waals surface area (Å²) in [4.78, 5) is 22.3. The second-order valence-corrected chi connectivity index (χ2v) is 5.89. The molecule has 1 aromatic rings. The van der Waals surface area contributed by atoms with E-state index >= 15 is 0 Å². The van der Waals surface area contributed by atoms with Gasteiger partial charge >= 0.3 is 0 Å². The van der Waals surface area contributed by atoms with Gasteiger partial charge in [-0.2, -0.15) is 0 Å². The lowest BCUT2D eigenvalue weighted by atomic mass is 10.1. The minimum Gasteiger partial charge on any atom is -0.493 e. The second-order valence-electron chi connectivity index (χ2n) is 5.89. The fourth-order valence-electron chi connectivity index (χ4n) is 2.18. The highest BCUT2D eigenvalue weighted by atomic mass is 16.5. The Balaban J connectivity index is 2.32. The summed E-state index contributed by atoms with van der Waals surface area (Å²) in [5.41, 5.74) is 0.887. The van der Waals surface area contributed by atoms with Crippen molar-refractivity contribution in [2.75, 3.05) is 7.11 Å². The fourth-order valence-corrected chi connectivity index (χ4v) is 2.18. The minimum absolute atomic E-state index is 0.0371. The smallest absolute Gasteiger partial charge is 0.298 e. The van der Waals surface area contributed by atoms with Crippen molar-refractivity contribution < 1.29 is 19.1 Å². The van der Waals surface area contributed by atoms with Crippen LogP contribution in [-0.4, -0.2) is 19.5 Å². The van der Waals surface area contributed by atoms with Crippen LogP contribution in [0.5, 0.6) is 11.5 Å². The van der Waals surface area contributed by atoms with Crippen molar-refractivity contribution in [2.45, 2.75) is 46.1 Å². The van der Waals surface area contributed by atoms with E-state index in [1.807, 2.05) is 0 Å². The first-order valence-electron chi connectivity index (χ1n) is 8.27. The van der Waals surface area contributed by atoms with Gasteiger partial charge in [0.05, 0.1) is 7.11 Å². The molecule has 0 aromatic heterocycles. The molecule has 0 atom stereocenters. The molecule has 1 amide bonds. The maximum atomic E-state index is 11.8. The van der Waals surface area contributed by atoms with Crippen molar-refractivity contribution in [1.29, 1.82) is 0 Å². The number of benzene rings is 1. The van der Waals surface area contributed by atoms with Crippen molar-refractivity contribution >= 4 is 12.4 Å². The van der Waals surface area contributed by atoms with Crippen LogP contribution >= 0.6 is 0 Å². The summed E-state index contributed by atoms with van der Waals surface area (Å²) in [6, 6.07) is 5.18. The molecule has 0 aliphatic rings. The Morgan fingerprint density at radius 2 is 2.04 bits per heavy atom. The van der Waals surface area contributed by atoms with Crippen molar-refractivity contribution in [3.8, 4) is 11.5 Å². The SMILES string of the molecule is COc1cc(CNC(=O)CCCCC=CC(C)C)ccc1OC=O. The molecule has 0 spiro atoms. The van der Waals surface area contributed by atoms with Crippen molar-refractivity contribution in [2.24, 2.45) is 5.92 Å². The van der Waals surface area contributed by atoms with Gasteiger partial charge in [-0.15, -0.1) is 0 Å². The summed E-state index contributed by atoms with van der Waals surface area (Å²) in [6.07, 6.45) is 7.80. The van der Waals surface area contributed by atoms with Gasteiger partial charge in [-0.1, -0.05) is 32.1 Å². The molecule has 24 heavy (non-hydrogen) atoms. The summed E-state index contributed by atoms with van der Waals surface area (Å²) in [6.45, 7) is 5.08. The number of rotatable bonds is 11. The molecule has 1 rings (SSSR count).